The van der Waals surface area contributed by atoms with Gasteiger partial charge in [-0.05, 0) is 42.8 Å². The minimum absolute atomic E-state index is 0.547. The number of anilines is 1. The Kier molecular flexibility index (Phi) is 4.19. The van der Waals surface area contributed by atoms with Gasteiger partial charge in [-0.3, -0.25) is 0 Å². The molecule has 0 amide bonds. The highest BCUT2D eigenvalue weighted by molar-refractivity contribution is 5.47. The van der Waals surface area contributed by atoms with Gasteiger partial charge in [-0.15, -0.1) is 0 Å². The maximum atomic E-state index is 5.78. The molecule has 1 saturated heterocycles. The molecule has 1 aliphatic rings. The highest BCUT2D eigenvalue weighted by atomic mass is 16.5. The average Bonchev–Trinajstić information content (AvgIpc) is 3.01. The number of ether oxygens (including phenoxy) is 1. The van der Waals surface area contributed by atoms with E-state index in [9.17, 15) is 0 Å². The molecule has 0 aliphatic carbocycles. The molecule has 1 heterocycles. The molecule has 2 N–H and O–H groups in total. The molecule has 0 spiro atoms. The van der Waals surface area contributed by atoms with Gasteiger partial charge in [-0.2, -0.15) is 0 Å². The minimum atomic E-state index is 0.547. The first-order valence-corrected chi connectivity index (χ1v) is 7.14. The Morgan fingerprint density at radius 1 is 1.05 bits per heavy atom. The van der Waals surface area contributed by atoms with E-state index in [0.717, 1.165) is 24.5 Å². The molecule has 3 rings (SSSR count). The Bertz CT molecular complexity index is 518. The van der Waals surface area contributed by atoms with Crippen molar-refractivity contribution in [2.24, 2.45) is 0 Å². The molecule has 1 atom stereocenters. The summed E-state index contributed by atoms with van der Waals surface area (Å²) >= 11 is 0. The maximum Gasteiger partial charge on any atom is 0.119 e. The zero-order valence-corrected chi connectivity index (χ0v) is 11.5. The van der Waals surface area contributed by atoms with Crippen LogP contribution in [0.3, 0.4) is 0 Å². The number of rotatable bonds is 5. The largest absolute Gasteiger partial charge is 0.489 e. The molecule has 2 aromatic rings. The predicted octanol–water partition coefficient (Wildman–Crippen LogP) is 3.04. The van der Waals surface area contributed by atoms with Crippen LogP contribution in [0.4, 0.5) is 5.69 Å². The van der Waals surface area contributed by atoms with Crippen molar-refractivity contribution in [1.82, 2.24) is 5.32 Å². The van der Waals surface area contributed by atoms with Crippen molar-refractivity contribution in [2.75, 3.05) is 18.4 Å². The van der Waals surface area contributed by atoms with Crippen LogP contribution < -0.4 is 15.4 Å². The van der Waals surface area contributed by atoms with E-state index in [0.29, 0.717) is 12.6 Å². The van der Waals surface area contributed by atoms with Crippen LogP contribution >= 0.6 is 0 Å². The summed E-state index contributed by atoms with van der Waals surface area (Å²) in [4.78, 5) is 0. The van der Waals surface area contributed by atoms with E-state index in [4.69, 9.17) is 4.74 Å². The van der Waals surface area contributed by atoms with Crippen LogP contribution in [0.25, 0.3) is 0 Å². The lowest BCUT2D eigenvalue weighted by molar-refractivity contribution is 0.306. The normalized spacial score (nSPS) is 17.9. The fourth-order valence-electron chi connectivity index (χ4n) is 2.40. The van der Waals surface area contributed by atoms with E-state index < -0.39 is 0 Å². The highest BCUT2D eigenvalue weighted by Crippen LogP contribution is 2.18. The minimum Gasteiger partial charge on any atom is -0.489 e. The van der Waals surface area contributed by atoms with E-state index in [1.807, 2.05) is 30.3 Å². The second kappa shape index (κ2) is 6.44. The molecule has 1 unspecified atom stereocenters. The Morgan fingerprint density at radius 2 is 1.85 bits per heavy atom. The van der Waals surface area contributed by atoms with Crippen molar-refractivity contribution >= 4 is 5.69 Å². The van der Waals surface area contributed by atoms with Gasteiger partial charge in [-0.1, -0.05) is 30.3 Å². The van der Waals surface area contributed by atoms with Crippen LogP contribution in [0.15, 0.2) is 54.6 Å². The summed E-state index contributed by atoms with van der Waals surface area (Å²) in [7, 11) is 0. The molecule has 0 aromatic heterocycles. The first-order chi connectivity index (χ1) is 9.90. The van der Waals surface area contributed by atoms with Crippen molar-refractivity contribution in [1.29, 1.82) is 0 Å². The van der Waals surface area contributed by atoms with Gasteiger partial charge in [0.25, 0.3) is 0 Å². The second-order valence-corrected chi connectivity index (χ2v) is 5.13. The molecule has 20 heavy (non-hydrogen) atoms. The third-order valence-electron chi connectivity index (χ3n) is 3.53. The molecule has 2 aromatic carbocycles. The van der Waals surface area contributed by atoms with Crippen molar-refractivity contribution in [3.8, 4) is 5.75 Å². The first-order valence-electron chi connectivity index (χ1n) is 7.14. The molecule has 104 valence electrons. The summed E-state index contributed by atoms with van der Waals surface area (Å²) in [6, 6.07) is 19.0. The van der Waals surface area contributed by atoms with Crippen LogP contribution in [0, 0.1) is 0 Å². The number of hydrogen-bond donors (Lipinski definition) is 2. The van der Waals surface area contributed by atoms with Crippen molar-refractivity contribution in [3.63, 3.8) is 0 Å². The fraction of sp³-hybridized carbons (Fsp3) is 0.294. The molecule has 3 heteroatoms. The summed E-state index contributed by atoms with van der Waals surface area (Å²) in [6.45, 7) is 2.77. The van der Waals surface area contributed by atoms with Crippen LogP contribution in [0.2, 0.25) is 0 Å². The predicted molar refractivity (Wildman–Crippen MR) is 82.1 cm³/mol. The molecule has 0 radical (unpaired) electrons. The van der Waals surface area contributed by atoms with Crippen LogP contribution in [0.1, 0.15) is 12.0 Å². The lowest BCUT2D eigenvalue weighted by atomic mass is 10.2. The molecule has 0 bridgehead atoms. The zero-order valence-electron chi connectivity index (χ0n) is 11.5. The molecule has 1 fully saturated rings. The average molecular weight is 268 g/mol. The van der Waals surface area contributed by atoms with Gasteiger partial charge in [0, 0.05) is 18.3 Å². The molecular weight excluding hydrogens is 248 g/mol. The van der Waals surface area contributed by atoms with E-state index in [-0.39, 0.29) is 0 Å². The highest BCUT2D eigenvalue weighted by Gasteiger charge is 2.13. The third kappa shape index (κ3) is 3.52. The van der Waals surface area contributed by atoms with Gasteiger partial charge in [0.15, 0.2) is 0 Å². The van der Waals surface area contributed by atoms with Crippen LogP contribution in [-0.4, -0.2) is 19.1 Å². The Balaban J connectivity index is 1.53. The van der Waals surface area contributed by atoms with Gasteiger partial charge < -0.3 is 15.4 Å². The lowest BCUT2D eigenvalue weighted by Gasteiger charge is -2.13. The molecule has 0 saturated carbocycles. The standard InChI is InChI=1S/C17H20N2O/c1-2-4-14(5-3-1)13-20-17-8-6-15(7-9-17)19-16-10-11-18-12-16/h1-9,16,18-19H,10-13H2. The molecule has 3 nitrogen and oxygen atoms in total. The fourth-order valence-corrected chi connectivity index (χ4v) is 2.40. The van der Waals surface area contributed by atoms with Crippen molar-refractivity contribution in [2.45, 2.75) is 19.1 Å². The van der Waals surface area contributed by atoms with Crippen molar-refractivity contribution in [3.05, 3.63) is 60.2 Å². The summed E-state index contributed by atoms with van der Waals surface area (Å²) in [5.41, 5.74) is 2.34. The third-order valence-corrected chi connectivity index (χ3v) is 3.53. The SMILES string of the molecule is c1ccc(COc2ccc(NC3CCNC3)cc2)cc1. The number of benzene rings is 2. The van der Waals surface area contributed by atoms with Gasteiger partial charge in [0.05, 0.1) is 0 Å². The lowest BCUT2D eigenvalue weighted by Crippen LogP contribution is -2.21. The summed E-state index contributed by atoms with van der Waals surface area (Å²) in [5, 5.41) is 6.88. The molecular formula is C17H20N2O. The maximum absolute atomic E-state index is 5.78. The summed E-state index contributed by atoms with van der Waals surface area (Å²) in [5.74, 6) is 0.906. The van der Waals surface area contributed by atoms with Crippen molar-refractivity contribution < 1.29 is 4.74 Å². The van der Waals surface area contributed by atoms with Crippen LogP contribution in [-0.2, 0) is 6.61 Å². The monoisotopic (exact) mass is 268 g/mol. The van der Waals surface area contributed by atoms with E-state index in [1.54, 1.807) is 0 Å². The zero-order chi connectivity index (χ0) is 13.6. The van der Waals surface area contributed by atoms with E-state index in [1.165, 1.54) is 12.0 Å². The smallest absolute Gasteiger partial charge is 0.119 e. The Labute approximate surface area is 120 Å². The van der Waals surface area contributed by atoms with Gasteiger partial charge in [-0.25, -0.2) is 0 Å². The summed E-state index contributed by atoms with van der Waals surface area (Å²) < 4.78 is 5.78. The van der Waals surface area contributed by atoms with Gasteiger partial charge >= 0.3 is 0 Å². The Hall–Kier alpha value is -2.00. The van der Waals surface area contributed by atoms with E-state index >= 15 is 0 Å². The topological polar surface area (TPSA) is 33.3 Å². The van der Waals surface area contributed by atoms with E-state index in [2.05, 4.69) is 34.9 Å². The Morgan fingerprint density at radius 3 is 2.55 bits per heavy atom. The number of hydrogen-bond acceptors (Lipinski definition) is 3. The second-order valence-electron chi connectivity index (χ2n) is 5.13. The molecule has 1 aliphatic heterocycles. The van der Waals surface area contributed by atoms with Gasteiger partial charge in [0.2, 0.25) is 0 Å². The van der Waals surface area contributed by atoms with Crippen LogP contribution in [0.5, 0.6) is 5.75 Å². The number of nitrogens with one attached hydrogen (secondary N) is 2. The summed E-state index contributed by atoms with van der Waals surface area (Å²) in [6.07, 6.45) is 1.19. The van der Waals surface area contributed by atoms with Gasteiger partial charge in [0.1, 0.15) is 12.4 Å². The first kappa shape index (κ1) is 13.0. The quantitative estimate of drug-likeness (QED) is 0.874.